The van der Waals surface area contributed by atoms with Crippen LogP contribution in [0, 0.1) is 0 Å². The molecule has 0 aromatic heterocycles. The van der Waals surface area contributed by atoms with Crippen LogP contribution in [0.5, 0.6) is 11.5 Å². The normalized spacial score (nSPS) is 13.1. The van der Waals surface area contributed by atoms with Crippen LogP contribution in [0.4, 0.5) is 0 Å². The van der Waals surface area contributed by atoms with Crippen molar-refractivity contribution in [3.8, 4) is 11.5 Å². The summed E-state index contributed by atoms with van der Waals surface area (Å²) in [4.78, 5) is 23.9. The van der Waals surface area contributed by atoms with Gasteiger partial charge < -0.3 is 19.5 Å². The highest BCUT2D eigenvalue weighted by atomic mass is 35.5. The lowest BCUT2D eigenvalue weighted by molar-refractivity contribution is -0.148. The van der Waals surface area contributed by atoms with Crippen LogP contribution in [-0.2, 0) is 20.7 Å². The van der Waals surface area contributed by atoms with Crippen molar-refractivity contribution >= 4 is 35.1 Å². The molecule has 8 heteroatoms. The molecule has 3 rings (SSSR count). The third kappa shape index (κ3) is 5.05. The first-order chi connectivity index (χ1) is 12.9. The minimum atomic E-state index is -0.528. The van der Waals surface area contributed by atoms with E-state index in [1.54, 1.807) is 24.3 Å². The Morgan fingerprint density at radius 3 is 2.67 bits per heavy atom. The fourth-order valence-electron chi connectivity index (χ4n) is 2.56. The maximum atomic E-state index is 12.0. The molecule has 2 aromatic rings. The fraction of sp³-hybridized carbons (Fsp3) is 0.263. The number of fused-ring (bicyclic) bond motifs is 1. The molecule has 0 fully saturated rings. The number of benzene rings is 2. The first kappa shape index (κ1) is 19.3. The van der Waals surface area contributed by atoms with Gasteiger partial charge in [-0.05, 0) is 42.3 Å². The van der Waals surface area contributed by atoms with Gasteiger partial charge in [0.05, 0.1) is 22.5 Å². The molecular formula is C19H17Cl2NO5. The molecule has 1 heterocycles. The Balaban J connectivity index is 1.47. The highest BCUT2D eigenvalue weighted by Crippen LogP contribution is 2.34. The minimum Gasteiger partial charge on any atom is -0.455 e. The van der Waals surface area contributed by atoms with Gasteiger partial charge >= 0.3 is 5.97 Å². The average molecular weight is 410 g/mol. The SMILES string of the molecule is C[C@H](NC(=O)COC(=O)Cc1ccc(Cl)c(Cl)c1)c1ccc2c(c1)OCO2. The zero-order chi connectivity index (χ0) is 19.4. The van der Waals surface area contributed by atoms with Crippen LogP contribution < -0.4 is 14.8 Å². The number of hydrogen-bond acceptors (Lipinski definition) is 5. The summed E-state index contributed by atoms with van der Waals surface area (Å²) in [5, 5.41) is 3.54. The molecule has 0 saturated heterocycles. The zero-order valence-electron chi connectivity index (χ0n) is 14.5. The van der Waals surface area contributed by atoms with E-state index in [0.717, 1.165) is 5.56 Å². The summed E-state index contributed by atoms with van der Waals surface area (Å²) in [5.74, 6) is 0.386. The van der Waals surface area contributed by atoms with Crippen LogP contribution in [0.3, 0.4) is 0 Å². The van der Waals surface area contributed by atoms with Crippen molar-refractivity contribution in [1.29, 1.82) is 0 Å². The number of carbonyl (C=O) groups excluding carboxylic acids is 2. The van der Waals surface area contributed by atoms with E-state index in [2.05, 4.69) is 5.32 Å². The van der Waals surface area contributed by atoms with Gasteiger partial charge in [-0.25, -0.2) is 0 Å². The maximum Gasteiger partial charge on any atom is 0.310 e. The number of carbonyl (C=O) groups is 2. The van der Waals surface area contributed by atoms with E-state index in [9.17, 15) is 9.59 Å². The average Bonchev–Trinajstić information content (AvgIpc) is 3.11. The summed E-state index contributed by atoms with van der Waals surface area (Å²) in [7, 11) is 0. The van der Waals surface area contributed by atoms with E-state index in [4.69, 9.17) is 37.4 Å². The van der Waals surface area contributed by atoms with Crippen molar-refractivity contribution < 1.29 is 23.8 Å². The van der Waals surface area contributed by atoms with Crippen LogP contribution in [0.25, 0.3) is 0 Å². The van der Waals surface area contributed by atoms with E-state index >= 15 is 0 Å². The van der Waals surface area contributed by atoms with Crippen molar-refractivity contribution in [3.63, 3.8) is 0 Å². The standard InChI is InChI=1S/C19H17Cl2NO5/c1-11(13-3-5-16-17(8-13)27-10-26-16)22-18(23)9-25-19(24)7-12-2-4-14(20)15(21)6-12/h2-6,8,11H,7,9-10H2,1H3,(H,22,23)/t11-/m0/s1. The zero-order valence-corrected chi connectivity index (χ0v) is 16.0. The summed E-state index contributed by atoms with van der Waals surface area (Å²) in [6.45, 7) is 1.65. The topological polar surface area (TPSA) is 73.9 Å². The quantitative estimate of drug-likeness (QED) is 0.736. The molecule has 1 aliphatic heterocycles. The summed E-state index contributed by atoms with van der Waals surface area (Å²) < 4.78 is 15.6. The third-order valence-corrected chi connectivity index (χ3v) is 4.71. The summed E-state index contributed by atoms with van der Waals surface area (Å²) in [6, 6.07) is 10.0. The van der Waals surface area contributed by atoms with Crippen molar-refractivity contribution in [1.82, 2.24) is 5.32 Å². The molecule has 0 saturated carbocycles. The molecule has 27 heavy (non-hydrogen) atoms. The lowest BCUT2D eigenvalue weighted by Gasteiger charge is -2.15. The molecule has 0 radical (unpaired) electrons. The molecule has 1 aliphatic rings. The van der Waals surface area contributed by atoms with Gasteiger partial charge in [0.2, 0.25) is 6.79 Å². The fourth-order valence-corrected chi connectivity index (χ4v) is 2.88. The summed E-state index contributed by atoms with van der Waals surface area (Å²) >= 11 is 11.7. The van der Waals surface area contributed by atoms with Gasteiger partial charge in [0.15, 0.2) is 18.1 Å². The van der Waals surface area contributed by atoms with Crippen molar-refractivity contribution in [2.24, 2.45) is 0 Å². The van der Waals surface area contributed by atoms with Gasteiger partial charge in [-0.1, -0.05) is 35.3 Å². The minimum absolute atomic E-state index is 0.00187. The molecule has 2 aromatic carbocycles. The van der Waals surface area contributed by atoms with E-state index in [0.29, 0.717) is 27.1 Å². The van der Waals surface area contributed by atoms with Crippen LogP contribution >= 0.6 is 23.2 Å². The highest BCUT2D eigenvalue weighted by Gasteiger charge is 2.17. The Morgan fingerprint density at radius 1 is 1.11 bits per heavy atom. The van der Waals surface area contributed by atoms with E-state index in [1.165, 1.54) is 0 Å². The number of halogens is 2. The van der Waals surface area contributed by atoms with Crippen molar-refractivity contribution in [3.05, 3.63) is 57.6 Å². The molecule has 0 aliphatic carbocycles. The second-order valence-corrected chi connectivity index (χ2v) is 6.80. The molecule has 142 valence electrons. The molecule has 0 unspecified atom stereocenters. The van der Waals surface area contributed by atoms with Crippen LogP contribution in [0.2, 0.25) is 10.0 Å². The van der Waals surface area contributed by atoms with Gasteiger partial charge in [0.1, 0.15) is 0 Å². The van der Waals surface area contributed by atoms with Gasteiger partial charge in [-0.15, -0.1) is 0 Å². The Bertz CT molecular complexity index is 871. The molecule has 0 spiro atoms. The predicted molar refractivity (Wildman–Crippen MR) is 100 cm³/mol. The first-order valence-corrected chi connectivity index (χ1v) is 8.96. The van der Waals surface area contributed by atoms with Crippen LogP contribution in [-0.4, -0.2) is 25.3 Å². The molecular weight excluding hydrogens is 393 g/mol. The lowest BCUT2D eigenvalue weighted by atomic mass is 10.1. The first-order valence-electron chi connectivity index (χ1n) is 8.21. The monoisotopic (exact) mass is 409 g/mol. The largest absolute Gasteiger partial charge is 0.455 e. The van der Waals surface area contributed by atoms with Gasteiger partial charge in [-0.2, -0.15) is 0 Å². The van der Waals surface area contributed by atoms with E-state index < -0.39 is 11.9 Å². The van der Waals surface area contributed by atoms with E-state index in [-0.39, 0.29) is 25.9 Å². The van der Waals surface area contributed by atoms with Crippen molar-refractivity contribution in [2.45, 2.75) is 19.4 Å². The Morgan fingerprint density at radius 2 is 1.89 bits per heavy atom. The summed E-state index contributed by atoms with van der Waals surface area (Å²) in [6.07, 6.45) is 0.00187. The molecule has 6 nitrogen and oxygen atoms in total. The Kier molecular flexibility index (Phi) is 6.08. The van der Waals surface area contributed by atoms with Crippen LogP contribution in [0.1, 0.15) is 24.1 Å². The summed E-state index contributed by atoms with van der Waals surface area (Å²) in [5.41, 5.74) is 1.51. The number of esters is 1. The predicted octanol–water partition coefficient (Wildman–Crippen LogP) is 3.69. The number of rotatable bonds is 6. The molecule has 1 atom stereocenters. The van der Waals surface area contributed by atoms with Gasteiger partial charge in [0, 0.05) is 0 Å². The second kappa shape index (κ2) is 8.50. The number of hydrogen-bond donors (Lipinski definition) is 1. The Hall–Kier alpha value is -2.44. The van der Waals surface area contributed by atoms with Crippen LogP contribution in [0.15, 0.2) is 36.4 Å². The smallest absolute Gasteiger partial charge is 0.310 e. The van der Waals surface area contributed by atoms with Crippen molar-refractivity contribution in [2.75, 3.05) is 13.4 Å². The van der Waals surface area contributed by atoms with Gasteiger partial charge in [0.25, 0.3) is 5.91 Å². The third-order valence-electron chi connectivity index (χ3n) is 3.97. The van der Waals surface area contributed by atoms with E-state index in [1.807, 2.05) is 19.1 Å². The molecule has 0 bridgehead atoms. The van der Waals surface area contributed by atoms with Gasteiger partial charge in [-0.3, -0.25) is 9.59 Å². The maximum absolute atomic E-state index is 12.0. The number of amides is 1. The molecule has 1 amide bonds. The number of ether oxygens (including phenoxy) is 3. The lowest BCUT2D eigenvalue weighted by Crippen LogP contribution is -2.31. The number of nitrogens with one attached hydrogen (secondary N) is 1. The molecule has 1 N–H and O–H groups in total. The second-order valence-electron chi connectivity index (χ2n) is 5.99. The Labute approximate surface area is 166 Å². The highest BCUT2D eigenvalue weighted by molar-refractivity contribution is 6.42.